The molecule has 2 N–H and O–H groups in total. The summed E-state index contributed by atoms with van der Waals surface area (Å²) in [6, 6.07) is 1.96. The summed E-state index contributed by atoms with van der Waals surface area (Å²) < 4.78 is 5.31. The average molecular weight is 175 g/mol. The Morgan fingerprint density at radius 3 is 3.38 bits per heavy atom. The lowest BCUT2D eigenvalue weighted by Crippen LogP contribution is -2.02. The lowest BCUT2D eigenvalue weighted by molar-refractivity contribution is 0.580. The maximum absolute atomic E-state index is 5.31. The molecule has 0 saturated carbocycles. The second-order valence-corrected chi connectivity index (χ2v) is 3.10. The molecule has 0 aromatic carbocycles. The molecular weight excluding hydrogens is 166 g/mol. The van der Waals surface area contributed by atoms with E-state index in [0.29, 0.717) is 0 Å². The second kappa shape index (κ2) is 2.39. The van der Waals surface area contributed by atoms with Crippen molar-refractivity contribution in [3.8, 4) is 11.1 Å². The molecule has 13 heavy (non-hydrogen) atoms. The van der Waals surface area contributed by atoms with Gasteiger partial charge in [-0.25, -0.2) is 0 Å². The summed E-state index contributed by atoms with van der Waals surface area (Å²) >= 11 is 0. The van der Waals surface area contributed by atoms with Gasteiger partial charge in [0, 0.05) is 29.8 Å². The molecule has 0 unspecified atom stereocenters. The van der Waals surface area contributed by atoms with Crippen LogP contribution in [0.5, 0.6) is 0 Å². The topological polar surface area (TPSA) is 53.9 Å². The average Bonchev–Trinajstić information content (AvgIpc) is 2.72. The Bertz CT molecular complexity index is 389. The van der Waals surface area contributed by atoms with Crippen LogP contribution < -0.4 is 5.32 Å². The van der Waals surface area contributed by atoms with E-state index in [1.165, 1.54) is 5.69 Å². The Balaban J connectivity index is 2.27. The van der Waals surface area contributed by atoms with Crippen molar-refractivity contribution in [3.05, 3.63) is 24.2 Å². The van der Waals surface area contributed by atoms with Crippen LogP contribution in [-0.4, -0.2) is 16.7 Å². The number of anilines is 1. The second-order valence-electron chi connectivity index (χ2n) is 3.10. The largest absolute Gasteiger partial charge is 0.448 e. The van der Waals surface area contributed by atoms with Gasteiger partial charge in [-0.3, -0.25) is 5.10 Å². The lowest BCUT2D eigenvalue weighted by atomic mass is 10.1. The molecule has 1 aliphatic heterocycles. The first-order valence-corrected chi connectivity index (χ1v) is 4.29. The Hall–Kier alpha value is -1.71. The number of nitrogens with one attached hydrogen (secondary N) is 2. The van der Waals surface area contributed by atoms with Crippen molar-refractivity contribution >= 4 is 5.88 Å². The molecule has 0 bridgehead atoms. The molecule has 3 rings (SSSR count). The number of fused-ring (bicyclic) bond motifs is 3. The Labute approximate surface area is 75.0 Å². The van der Waals surface area contributed by atoms with Crippen LogP contribution >= 0.6 is 0 Å². The Morgan fingerprint density at radius 2 is 2.38 bits per heavy atom. The van der Waals surface area contributed by atoms with Gasteiger partial charge in [-0.15, -0.1) is 0 Å². The third kappa shape index (κ3) is 0.884. The highest BCUT2D eigenvalue weighted by atomic mass is 16.3. The molecule has 2 aromatic rings. The predicted octanol–water partition coefficient (Wildman–Crippen LogP) is 1.64. The molecule has 0 aliphatic carbocycles. The fourth-order valence-corrected chi connectivity index (χ4v) is 1.69. The van der Waals surface area contributed by atoms with Gasteiger partial charge in [-0.1, -0.05) is 0 Å². The molecule has 1 aliphatic rings. The molecule has 0 atom stereocenters. The van der Waals surface area contributed by atoms with Crippen molar-refractivity contribution in [3.63, 3.8) is 0 Å². The van der Waals surface area contributed by atoms with E-state index in [9.17, 15) is 0 Å². The number of aromatic nitrogens is 2. The van der Waals surface area contributed by atoms with Gasteiger partial charge in [0.25, 0.3) is 0 Å². The van der Waals surface area contributed by atoms with Gasteiger partial charge in [0.2, 0.25) is 5.88 Å². The van der Waals surface area contributed by atoms with E-state index >= 15 is 0 Å². The van der Waals surface area contributed by atoms with Crippen LogP contribution in [0.15, 0.2) is 22.9 Å². The van der Waals surface area contributed by atoms with E-state index in [-0.39, 0.29) is 0 Å². The van der Waals surface area contributed by atoms with E-state index in [1.54, 1.807) is 6.26 Å². The first kappa shape index (κ1) is 6.77. The number of hydrogen-bond donors (Lipinski definition) is 2. The normalized spacial score (nSPS) is 14.2. The van der Waals surface area contributed by atoms with Crippen molar-refractivity contribution in [1.29, 1.82) is 0 Å². The lowest BCUT2D eigenvalue weighted by Gasteiger charge is -1.97. The zero-order valence-corrected chi connectivity index (χ0v) is 7.00. The van der Waals surface area contributed by atoms with Gasteiger partial charge in [-0.05, 0) is 6.07 Å². The van der Waals surface area contributed by atoms with Crippen LogP contribution in [0.25, 0.3) is 11.1 Å². The third-order valence-electron chi connectivity index (χ3n) is 2.33. The van der Waals surface area contributed by atoms with Gasteiger partial charge >= 0.3 is 0 Å². The van der Waals surface area contributed by atoms with Crippen molar-refractivity contribution in [2.45, 2.75) is 6.42 Å². The summed E-state index contributed by atoms with van der Waals surface area (Å²) in [4.78, 5) is 0. The zero-order chi connectivity index (χ0) is 8.67. The highest BCUT2D eigenvalue weighted by molar-refractivity contribution is 5.76. The fourth-order valence-electron chi connectivity index (χ4n) is 1.69. The Kier molecular flexibility index (Phi) is 1.24. The summed E-state index contributed by atoms with van der Waals surface area (Å²) in [5, 5.41) is 10.2. The molecule has 4 heteroatoms. The molecule has 0 saturated heterocycles. The van der Waals surface area contributed by atoms with Gasteiger partial charge in [0.15, 0.2) is 0 Å². The number of rotatable bonds is 0. The van der Waals surface area contributed by atoms with Gasteiger partial charge < -0.3 is 9.73 Å². The number of furan rings is 1. The van der Waals surface area contributed by atoms with Crippen LogP contribution in [-0.2, 0) is 6.42 Å². The molecule has 66 valence electrons. The maximum Gasteiger partial charge on any atom is 0.200 e. The quantitative estimate of drug-likeness (QED) is 0.640. The van der Waals surface area contributed by atoms with Crippen molar-refractivity contribution in [1.82, 2.24) is 10.2 Å². The van der Waals surface area contributed by atoms with Crippen LogP contribution in [0, 0.1) is 0 Å². The number of hydrogen-bond acceptors (Lipinski definition) is 3. The fraction of sp³-hybridized carbons (Fsp3) is 0.222. The van der Waals surface area contributed by atoms with Crippen LogP contribution in [0.4, 0.5) is 5.88 Å². The van der Waals surface area contributed by atoms with Crippen molar-refractivity contribution in [2.24, 2.45) is 0 Å². The number of nitrogens with zero attached hydrogens (tertiary/aromatic N) is 1. The van der Waals surface area contributed by atoms with E-state index < -0.39 is 0 Å². The standard InChI is InChI=1S/C9H9N3O/c1-3-10-9-6(2-4-13-9)7-5-11-12-8(1)7/h2,4-5,10H,1,3H2,(H,11,12). The summed E-state index contributed by atoms with van der Waals surface area (Å²) in [5.74, 6) is 0.847. The molecule has 0 radical (unpaired) electrons. The van der Waals surface area contributed by atoms with Crippen molar-refractivity contribution < 1.29 is 4.42 Å². The minimum Gasteiger partial charge on any atom is -0.448 e. The molecule has 0 fully saturated rings. The highest BCUT2D eigenvalue weighted by Gasteiger charge is 2.17. The van der Waals surface area contributed by atoms with E-state index in [2.05, 4.69) is 15.5 Å². The molecule has 2 aromatic heterocycles. The van der Waals surface area contributed by atoms with Crippen LogP contribution in [0.2, 0.25) is 0 Å². The first-order chi connectivity index (χ1) is 6.45. The van der Waals surface area contributed by atoms with Crippen LogP contribution in [0.1, 0.15) is 5.69 Å². The van der Waals surface area contributed by atoms with Gasteiger partial charge in [0.05, 0.1) is 12.5 Å². The zero-order valence-electron chi connectivity index (χ0n) is 7.00. The highest BCUT2D eigenvalue weighted by Crippen LogP contribution is 2.32. The molecule has 0 amide bonds. The van der Waals surface area contributed by atoms with Gasteiger partial charge in [0.1, 0.15) is 0 Å². The monoisotopic (exact) mass is 175 g/mol. The van der Waals surface area contributed by atoms with Gasteiger partial charge in [-0.2, -0.15) is 5.10 Å². The first-order valence-electron chi connectivity index (χ1n) is 4.29. The summed E-state index contributed by atoms with van der Waals surface area (Å²) in [5.41, 5.74) is 3.42. The third-order valence-corrected chi connectivity index (χ3v) is 2.33. The van der Waals surface area contributed by atoms with Crippen molar-refractivity contribution in [2.75, 3.05) is 11.9 Å². The number of H-pyrrole nitrogens is 1. The Morgan fingerprint density at radius 1 is 1.38 bits per heavy atom. The molecule has 4 nitrogen and oxygen atoms in total. The summed E-state index contributed by atoms with van der Waals surface area (Å²) in [6.07, 6.45) is 4.50. The van der Waals surface area contributed by atoms with Crippen LogP contribution in [0.3, 0.4) is 0 Å². The minimum atomic E-state index is 0.847. The minimum absolute atomic E-state index is 0.847. The maximum atomic E-state index is 5.31. The molecular formula is C9H9N3O. The smallest absolute Gasteiger partial charge is 0.200 e. The molecule has 3 heterocycles. The summed E-state index contributed by atoms with van der Waals surface area (Å²) in [6.45, 7) is 0.885. The van der Waals surface area contributed by atoms with E-state index in [4.69, 9.17) is 4.42 Å². The van der Waals surface area contributed by atoms with E-state index in [1.807, 2.05) is 12.3 Å². The SMILES string of the molecule is c1cc2c(o1)NCCc1[nH]ncc1-2. The number of aromatic amines is 1. The summed E-state index contributed by atoms with van der Waals surface area (Å²) in [7, 11) is 0. The predicted molar refractivity (Wildman–Crippen MR) is 48.5 cm³/mol. The van der Waals surface area contributed by atoms with E-state index in [0.717, 1.165) is 30.0 Å². The molecule has 0 spiro atoms.